The fourth-order valence-corrected chi connectivity index (χ4v) is 3.04. The molecule has 1 amide bonds. The van der Waals surface area contributed by atoms with Gasteiger partial charge < -0.3 is 5.32 Å². The Hall–Kier alpha value is -1.63. The van der Waals surface area contributed by atoms with Gasteiger partial charge >= 0.3 is 5.69 Å². The molecule has 124 valence electrons. The molecule has 0 radical (unpaired) electrons. The summed E-state index contributed by atoms with van der Waals surface area (Å²) in [6, 6.07) is 0.382. The van der Waals surface area contributed by atoms with Gasteiger partial charge in [-0.1, -0.05) is 19.3 Å². The van der Waals surface area contributed by atoms with Gasteiger partial charge in [-0.05, 0) is 26.8 Å². The standard InChI is InChI=1S/C15H27N5O2/c1-11(19(2)12-7-5-4-6-8-12)14(21)16-10-9-13-17-18-15(22)20(13)3/h11-12H,4-10H2,1-3H3,(H,16,21)(H,18,22)/t11-/m1/s1. The van der Waals surface area contributed by atoms with E-state index in [9.17, 15) is 9.59 Å². The Labute approximate surface area is 131 Å². The monoisotopic (exact) mass is 309 g/mol. The molecule has 1 aliphatic carbocycles. The van der Waals surface area contributed by atoms with Crippen LogP contribution in [0.25, 0.3) is 0 Å². The third-order valence-corrected chi connectivity index (χ3v) is 4.76. The van der Waals surface area contributed by atoms with Gasteiger partial charge in [0.2, 0.25) is 5.91 Å². The zero-order valence-electron chi connectivity index (χ0n) is 13.8. The highest BCUT2D eigenvalue weighted by atomic mass is 16.2. The van der Waals surface area contributed by atoms with Gasteiger partial charge in [0, 0.05) is 26.1 Å². The Bertz CT molecular complexity index is 544. The van der Waals surface area contributed by atoms with Crippen molar-refractivity contribution in [2.75, 3.05) is 13.6 Å². The van der Waals surface area contributed by atoms with E-state index in [1.54, 1.807) is 7.05 Å². The van der Waals surface area contributed by atoms with Gasteiger partial charge in [-0.25, -0.2) is 9.89 Å². The molecule has 1 aromatic rings. The third-order valence-electron chi connectivity index (χ3n) is 4.76. The molecular weight excluding hydrogens is 282 g/mol. The Morgan fingerprint density at radius 1 is 1.45 bits per heavy atom. The fraction of sp³-hybridized carbons (Fsp3) is 0.800. The largest absolute Gasteiger partial charge is 0.354 e. The summed E-state index contributed by atoms with van der Waals surface area (Å²) in [7, 11) is 3.71. The molecule has 1 heterocycles. The molecule has 1 aromatic heterocycles. The zero-order chi connectivity index (χ0) is 16.1. The summed E-state index contributed by atoms with van der Waals surface area (Å²) in [5.74, 6) is 0.687. The minimum absolute atomic E-state index is 0.0357. The Kier molecular flexibility index (Phi) is 5.76. The quantitative estimate of drug-likeness (QED) is 0.798. The summed E-state index contributed by atoms with van der Waals surface area (Å²) in [6.45, 7) is 2.44. The predicted molar refractivity (Wildman–Crippen MR) is 84.6 cm³/mol. The first kappa shape index (κ1) is 16.7. The van der Waals surface area contributed by atoms with Crippen LogP contribution in [-0.2, 0) is 18.3 Å². The molecule has 2 rings (SSSR count). The van der Waals surface area contributed by atoms with Crippen LogP contribution in [0.15, 0.2) is 4.79 Å². The van der Waals surface area contributed by atoms with E-state index in [0.29, 0.717) is 24.8 Å². The molecule has 1 saturated carbocycles. The third kappa shape index (κ3) is 3.97. The molecule has 2 N–H and O–H groups in total. The van der Waals surface area contributed by atoms with E-state index in [-0.39, 0.29) is 17.6 Å². The summed E-state index contributed by atoms with van der Waals surface area (Å²) in [6.07, 6.45) is 6.74. The minimum Gasteiger partial charge on any atom is -0.354 e. The zero-order valence-corrected chi connectivity index (χ0v) is 13.8. The minimum atomic E-state index is -0.230. The van der Waals surface area contributed by atoms with Crippen LogP contribution in [0, 0.1) is 0 Å². The summed E-state index contributed by atoms with van der Waals surface area (Å²) >= 11 is 0. The van der Waals surface area contributed by atoms with Crippen LogP contribution >= 0.6 is 0 Å². The Morgan fingerprint density at radius 3 is 2.73 bits per heavy atom. The summed E-state index contributed by atoms with van der Waals surface area (Å²) in [5, 5.41) is 9.26. The van der Waals surface area contributed by atoms with Crippen molar-refractivity contribution in [1.29, 1.82) is 0 Å². The lowest BCUT2D eigenvalue weighted by atomic mass is 9.93. The van der Waals surface area contributed by atoms with E-state index in [4.69, 9.17) is 0 Å². The number of nitrogens with zero attached hydrogens (tertiary/aromatic N) is 3. The molecular formula is C15H27N5O2. The molecule has 1 fully saturated rings. The number of amides is 1. The van der Waals surface area contributed by atoms with Gasteiger partial charge in [0.05, 0.1) is 6.04 Å². The predicted octanol–water partition coefficient (Wildman–Crippen LogP) is 0.420. The SMILES string of the molecule is C[C@H](C(=O)NCCc1n[nH]c(=O)n1C)N(C)C1CCCCC1. The number of hydrogen-bond acceptors (Lipinski definition) is 4. The number of aromatic amines is 1. The van der Waals surface area contributed by atoms with Crippen molar-refractivity contribution in [3.05, 3.63) is 16.3 Å². The number of hydrogen-bond donors (Lipinski definition) is 2. The summed E-state index contributed by atoms with van der Waals surface area (Å²) in [5.41, 5.74) is -0.230. The molecule has 22 heavy (non-hydrogen) atoms. The van der Waals surface area contributed by atoms with Gasteiger partial charge in [0.25, 0.3) is 0 Å². The van der Waals surface area contributed by atoms with Gasteiger partial charge in [0.15, 0.2) is 0 Å². The van der Waals surface area contributed by atoms with Crippen molar-refractivity contribution in [2.24, 2.45) is 7.05 Å². The van der Waals surface area contributed by atoms with Crippen LogP contribution in [0.3, 0.4) is 0 Å². The molecule has 0 bridgehead atoms. The van der Waals surface area contributed by atoms with E-state index in [1.807, 2.05) is 14.0 Å². The molecule has 7 heteroatoms. The van der Waals surface area contributed by atoms with Crippen molar-refractivity contribution >= 4 is 5.91 Å². The van der Waals surface area contributed by atoms with Crippen molar-refractivity contribution < 1.29 is 4.79 Å². The second-order valence-corrected chi connectivity index (χ2v) is 6.18. The van der Waals surface area contributed by atoms with Crippen LogP contribution in [-0.4, -0.2) is 51.2 Å². The van der Waals surface area contributed by atoms with Crippen LogP contribution in [0.5, 0.6) is 0 Å². The lowest BCUT2D eigenvalue weighted by molar-refractivity contribution is -0.126. The number of carbonyl (C=O) groups excluding carboxylic acids is 1. The average molecular weight is 309 g/mol. The van der Waals surface area contributed by atoms with Crippen molar-refractivity contribution in [2.45, 2.75) is 57.5 Å². The molecule has 0 aliphatic heterocycles. The maximum absolute atomic E-state index is 12.3. The highest BCUT2D eigenvalue weighted by molar-refractivity contribution is 5.81. The van der Waals surface area contributed by atoms with E-state index in [0.717, 1.165) is 0 Å². The molecule has 0 saturated heterocycles. The van der Waals surface area contributed by atoms with Crippen molar-refractivity contribution in [1.82, 2.24) is 25.0 Å². The smallest absolute Gasteiger partial charge is 0.343 e. The number of likely N-dealkylation sites (N-methyl/N-ethyl adjacent to an activating group) is 1. The normalized spacial score (nSPS) is 17.6. The number of H-pyrrole nitrogens is 1. The molecule has 1 atom stereocenters. The van der Waals surface area contributed by atoms with Crippen molar-refractivity contribution in [3.63, 3.8) is 0 Å². The molecule has 0 aromatic carbocycles. The van der Waals surface area contributed by atoms with Crippen LogP contribution in [0.1, 0.15) is 44.9 Å². The van der Waals surface area contributed by atoms with Crippen LogP contribution in [0.4, 0.5) is 0 Å². The number of aromatic nitrogens is 3. The first-order valence-corrected chi connectivity index (χ1v) is 8.10. The van der Waals surface area contributed by atoms with Gasteiger partial charge in [-0.3, -0.25) is 14.3 Å². The highest BCUT2D eigenvalue weighted by Crippen LogP contribution is 2.22. The van der Waals surface area contributed by atoms with Gasteiger partial charge in [0.1, 0.15) is 5.82 Å². The Balaban J connectivity index is 1.78. The van der Waals surface area contributed by atoms with E-state index in [2.05, 4.69) is 20.4 Å². The molecule has 7 nitrogen and oxygen atoms in total. The second-order valence-electron chi connectivity index (χ2n) is 6.18. The summed E-state index contributed by atoms with van der Waals surface area (Å²) < 4.78 is 1.46. The van der Waals surface area contributed by atoms with E-state index >= 15 is 0 Å². The van der Waals surface area contributed by atoms with Crippen LogP contribution < -0.4 is 11.0 Å². The van der Waals surface area contributed by atoms with E-state index < -0.39 is 0 Å². The van der Waals surface area contributed by atoms with Crippen molar-refractivity contribution in [3.8, 4) is 0 Å². The number of carbonyl (C=O) groups is 1. The first-order valence-electron chi connectivity index (χ1n) is 8.10. The topological polar surface area (TPSA) is 83.0 Å². The molecule has 0 unspecified atom stereocenters. The maximum Gasteiger partial charge on any atom is 0.343 e. The molecule has 0 spiro atoms. The maximum atomic E-state index is 12.3. The first-order chi connectivity index (χ1) is 10.5. The highest BCUT2D eigenvalue weighted by Gasteiger charge is 2.25. The number of nitrogens with one attached hydrogen (secondary N) is 2. The molecule has 1 aliphatic rings. The van der Waals surface area contributed by atoms with E-state index in [1.165, 1.54) is 36.7 Å². The number of rotatable bonds is 6. The second kappa shape index (κ2) is 7.58. The van der Waals surface area contributed by atoms with Gasteiger partial charge in [-0.2, -0.15) is 5.10 Å². The lowest BCUT2D eigenvalue weighted by Gasteiger charge is -2.34. The fourth-order valence-electron chi connectivity index (χ4n) is 3.04. The lowest BCUT2D eigenvalue weighted by Crippen LogP contribution is -2.48. The summed E-state index contributed by atoms with van der Waals surface area (Å²) in [4.78, 5) is 25.7. The van der Waals surface area contributed by atoms with Crippen LogP contribution in [0.2, 0.25) is 0 Å². The van der Waals surface area contributed by atoms with Gasteiger partial charge in [-0.15, -0.1) is 0 Å². The average Bonchev–Trinajstić information content (AvgIpc) is 2.86. The Morgan fingerprint density at radius 2 is 2.14 bits per heavy atom.